The van der Waals surface area contributed by atoms with E-state index in [0.29, 0.717) is 23.7 Å². The van der Waals surface area contributed by atoms with Crippen LogP contribution in [0.4, 0.5) is 34.9 Å². The monoisotopic (exact) mass is 641 g/mol. The van der Waals surface area contributed by atoms with Gasteiger partial charge >= 0.3 is 0 Å². The molecule has 0 amide bonds. The first kappa shape index (κ1) is 34.7. The van der Waals surface area contributed by atoms with E-state index in [1.54, 1.807) is 0 Å². The minimum absolute atomic E-state index is 0.328. The summed E-state index contributed by atoms with van der Waals surface area (Å²) < 4.78 is 0. The van der Waals surface area contributed by atoms with Crippen molar-refractivity contribution in [2.75, 3.05) is 9.80 Å². The first-order valence-corrected chi connectivity index (χ1v) is 17.7. The lowest BCUT2D eigenvalue weighted by Gasteiger charge is -2.27. The van der Waals surface area contributed by atoms with E-state index in [0.717, 1.165) is 83.4 Å². The second kappa shape index (κ2) is 16.0. The zero-order valence-electron chi connectivity index (χ0n) is 29.9. The highest BCUT2D eigenvalue weighted by Gasteiger charge is 2.23. The van der Waals surface area contributed by atoms with Gasteiger partial charge in [0.05, 0.1) is 0 Å². The summed E-state index contributed by atoms with van der Waals surface area (Å²) in [5, 5.41) is 0. The van der Waals surface area contributed by atoms with Crippen LogP contribution in [0.2, 0.25) is 0 Å². The molecule has 0 bridgehead atoms. The summed E-state index contributed by atoms with van der Waals surface area (Å²) in [4.78, 5) is 30.2. The smallest absolute Gasteiger partial charge is 0.142 e. The van der Waals surface area contributed by atoms with Crippen LogP contribution in [0.5, 0.6) is 0 Å². The summed E-state index contributed by atoms with van der Waals surface area (Å²) in [6.45, 7) is 17.7. The summed E-state index contributed by atoms with van der Waals surface area (Å²) in [6.07, 6.45) is 4.03. The molecule has 250 valence electrons. The van der Waals surface area contributed by atoms with Gasteiger partial charge in [-0.1, -0.05) is 85.7 Å². The van der Waals surface area contributed by atoms with Crippen molar-refractivity contribution >= 4 is 34.9 Å². The van der Waals surface area contributed by atoms with Crippen molar-refractivity contribution in [2.24, 2.45) is 0 Å². The van der Waals surface area contributed by atoms with Gasteiger partial charge in [0.25, 0.3) is 0 Å². The standard InChI is InChI=1S/C41H51N7/c1-9-28(5)32-18-13-22-36(42-32)47(37-23-14-19-33(43-37)29(6)10-2)40-26-17-27-41(46-40)48(38-24-15-20-34(44-38)30(7)11-3)39-25-16-21-35(45-39)31(8)12-4/h13-31H,9-12H2,1-8H3. The van der Waals surface area contributed by atoms with Crippen LogP contribution in [0.3, 0.4) is 0 Å². The summed E-state index contributed by atoms with van der Waals surface area (Å²) in [5.74, 6) is 5.88. The molecule has 0 fully saturated rings. The van der Waals surface area contributed by atoms with E-state index >= 15 is 0 Å². The number of rotatable bonds is 14. The Morgan fingerprint density at radius 3 is 0.792 bits per heavy atom. The SMILES string of the molecule is CCC(C)c1cccc(N(c2cccc(C(C)CC)n2)c2cccc(N(c3cccc(C(C)CC)n3)c3cccc(C(C)CC)n3)n2)n1. The zero-order chi connectivity index (χ0) is 34.2. The van der Waals surface area contributed by atoms with Gasteiger partial charge in [-0.3, -0.25) is 9.80 Å². The van der Waals surface area contributed by atoms with Crippen LogP contribution in [0, 0.1) is 0 Å². The number of nitrogens with zero attached hydrogens (tertiary/aromatic N) is 7. The Bertz CT molecular complexity index is 1550. The fourth-order valence-corrected chi connectivity index (χ4v) is 5.56. The largest absolute Gasteiger partial charge is 0.262 e. The van der Waals surface area contributed by atoms with Crippen molar-refractivity contribution in [3.63, 3.8) is 0 Å². The molecule has 4 atom stereocenters. The van der Waals surface area contributed by atoms with E-state index in [9.17, 15) is 0 Å². The molecule has 0 aliphatic rings. The van der Waals surface area contributed by atoms with Gasteiger partial charge in [0.1, 0.15) is 34.9 Å². The van der Waals surface area contributed by atoms with E-state index in [4.69, 9.17) is 24.9 Å². The molecule has 0 spiro atoms. The molecule has 5 heterocycles. The van der Waals surface area contributed by atoms with Crippen LogP contribution < -0.4 is 9.80 Å². The molecule has 0 radical (unpaired) electrons. The molecule has 0 N–H and O–H groups in total. The Morgan fingerprint density at radius 1 is 0.354 bits per heavy atom. The van der Waals surface area contributed by atoms with Crippen LogP contribution in [0.15, 0.2) is 91.0 Å². The molecule has 0 aliphatic carbocycles. The fraction of sp³-hybridized carbons (Fsp3) is 0.390. The lowest BCUT2D eigenvalue weighted by molar-refractivity contribution is 0.704. The first-order valence-electron chi connectivity index (χ1n) is 17.7. The van der Waals surface area contributed by atoms with Crippen molar-refractivity contribution in [1.29, 1.82) is 0 Å². The number of anilines is 6. The molecule has 0 aliphatic heterocycles. The number of aromatic nitrogens is 5. The van der Waals surface area contributed by atoms with Crippen molar-refractivity contribution in [2.45, 2.75) is 105 Å². The molecule has 5 rings (SSSR count). The van der Waals surface area contributed by atoms with Crippen LogP contribution in [-0.2, 0) is 0 Å². The number of hydrogen-bond donors (Lipinski definition) is 0. The highest BCUT2D eigenvalue weighted by molar-refractivity contribution is 5.74. The molecule has 4 unspecified atom stereocenters. The summed E-state index contributed by atoms with van der Waals surface area (Å²) in [6, 6.07) is 31.1. The number of pyridine rings is 5. The molecule has 0 aromatic carbocycles. The maximum Gasteiger partial charge on any atom is 0.142 e. The lowest BCUT2D eigenvalue weighted by atomic mass is 10.0. The molecule has 48 heavy (non-hydrogen) atoms. The van der Waals surface area contributed by atoms with E-state index in [-0.39, 0.29) is 0 Å². The Balaban J connectivity index is 1.71. The zero-order valence-corrected chi connectivity index (χ0v) is 29.9. The second-order valence-electron chi connectivity index (χ2n) is 12.9. The van der Waals surface area contributed by atoms with Crippen molar-refractivity contribution in [3.05, 3.63) is 114 Å². The third-order valence-electron chi connectivity index (χ3n) is 9.59. The molecule has 7 heteroatoms. The van der Waals surface area contributed by atoms with Gasteiger partial charge in [-0.05, 0) is 110 Å². The predicted octanol–water partition coefficient (Wildman–Crippen LogP) is 11.7. The van der Waals surface area contributed by atoms with Gasteiger partial charge in [-0.15, -0.1) is 0 Å². The fourth-order valence-electron chi connectivity index (χ4n) is 5.56. The normalized spacial score (nSPS) is 13.8. The van der Waals surface area contributed by atoms with E-state index < -0.39 is 0 Å². The molecular weight excluding hydrogens is 591 g/mol. The van der Waals surface area contributed by atoms with Crippen molar-refractivity contribution < 1.29 is 0 Å². The van der Waals surface area contributed by atoms with Crippen molar-refractivity contribution in [3.8, 4) is 0 Å². The molecule has 0 saturated heterocycles. The third-order valence-corrected chi connectivity index (χ3v) is 9.59. The minimum atomic E-state index is 0.328. The quantitative estimate of drug-likeness (QED) is 0.119. The average Bonchev–Trinajstić information content (AvgIpc) is 3.14. The predicted molar refractivity (Wildman–Crippen MR) is 200 cm³/mol. The Kier molecular flexibility index (Phi) is 11.5. The van der Waals surface area contributed by atoms with Gasteiger partial charge in [-0.25, -0.2) is 24.9 Å². The third kappa shape index (κ3) is 7.73. The Hall–Kier alpha value is -4.65. The maximum absolute atomic E-state index is 5.35. The molecule has 5 aromatic rings. The molecule has 0 saturated carbocycles. The highest BCUT2D eigenvalue weighted by atomic mass is 15.3. The maximum atomic E-state index is 5.35. The topological polar surface area (TPSA) is 70.9 Å². The van der Waals surface area contributed by atoms with E-state index in [1.165, 1.54) is 0 Å². The van der Waals surface area contributed by atoms with Gasteiger partial charge in [-0.2, -0.15) is 0 Å². The van der Waals surface area contributed by atoms with Gasteiger partial charge < -0.3 is 0 Å². The highest BCUT2D eigenvalue weighted by Crippen LogP contribution is 2.37. The summed E-state index contributed by atoms with van der Waals surface area (Å²) in [5.41, 5.74) is 4.20. The van der Waals surface area contributed by atoms with Gasteiger partial charge in [0.2, 0.25) is 0 Å². The Labute approximate surface area is 287 Å². The van der Waals surface area contributed by atoms with E-state index in [1.807, 2.05) is 42.5 Å². The summed E-state index contributed by atoms with van der Waals surface area (Å²) in [7, 11) is 0. The van der Waals surface area contributed by atoms with Crippen LogP contribution >= 0.6 is 0 Å². The van der Waals surface area contributed by atoms with E-state index in [2.05, 4.69) is 114 Å². The number of hydrogen-bond acceptors (Lipinski definition) is 7. The van der Waals surface area contributed by atoms with Crippen LogP contribution in [0.1, 0.15) is 128 Å². The summed E-state index contributed by atoms with van der Waals surface area (Å²) >= 11 is 0. The lowest BCUT2D eigenvalue weighted by Crippen LogP contribution is -2.19. The van der Waals surface area contributed by atoms with Crippen LogP contribution in [0.25, 0.3) is 0 Å². The molecule has 7 nitrogen and oxygen atoms in total. The minimum Gasteiger partial charge on any atom is -0.262 e. The average molecular weight is 642 g/mol. The second-order valence-corrected chi connectivity index (χ2v) is 12.9. The Morgan fingerprint density at radius 2 is 0.562 bits per heavy atom. The van der Waals surface area contributed by atoms with Crippen molar-refractivity contribution in [1.82, 2.24) is 24.9 Å². The van der Waals surface area contributed by atoms with Gasteiger partial charge in [0.15, 0.2) is 0 Å². The molecular formula is C41H51N7. The molecule has 5 aromatic heterocycles. The van der Waals surface area contributed by atoms with Gasteiger partial charge in [0, 0.05) is 22.8 Å². The first-order chi connectivity index (χ1) is 23.3. The van der Waals surface area contributed by atoms with Crippen LogP contribution in [-0.4, -0.2) is 24.9 Å².